The summed E-state index contributed by atoms with van der Waals surface area (Å²) in [5.41, 5.74) is 28.7. The number of carboxylic acid groups (broad SMARTS) is 2. The molecule has 34 N–H and O–H groups in total. The minimum Gasteiger partial charge on any atom is -0.481 e. The third kappa shape index (κ3) is 37.8. The van der Waals surface area contributed by atoms with Crippen LogP contribution in [-0.4, -0.2) is 364 Å². The molecule has 3 aliphatic rings. The van der Waals surface area contributed by atoms with E-state index in [4.69, 9.17) is 39.2 Å². The number of imidazole rings is 1. The van der Waals surface area contributed by atoms with Crippen LogP contribution in [0.1, 0.15) is 182 Å². The van der Waals surface area contributed by atoms with E-state index in [1.54, 1.807) is 31.2 Å². The number of para-hydroxylation sites is 1. The summed E-state index contributed by atoms with van der Waals surface area (Å²) in [5, 5.41) is 98.5. The molecule has 149 heavy (non-hydrogen) atoms. The molecule has 57 nitrogen and oxygen atoms in total. The molecule has 6 rings (SSSR count). The Kier molecular flexibility index (Phi) is 48.7. The highest BCUT2D eigenvalue weighted by molar-refractivity contribution is 6.03. The molecule has 3 unspecified atom stereocenters. The number of carbonyl (C=O) groups is 24. The van der Waals surface area contributed by atoms with Gasteiger partial charge < -0.3 is 169 Å². The van der Waals surface area contributed by atoms with Crippen LogP contribution in [0.5, 0.6) is 0 Å². The van der Waals surface area contributed by atoms with Gasteiger partial charge in [-0.05, 0) is 128 Å². The summed E-state index contributed by atoms with van der Waals surface area (Å²) < 4.78 is 0. The van der Waals surface area contributed by atoms with Gasteiger partial charge >= 0.3 is 11.9 Å². The molecule has 3 saturated heterocycles. The molecule has 0 saturated carbocycles. The molecule has 0 aliphatic carbocycles. The average Bonchev–Trinajstić information content (AvgIpc) is 1.61. The lowest BCUT2D eigenvalue weighted by Crippen LogP contribution is -2.62. The van der Waals surface area contributed by atoms with Crippen LogP contribution in [0.3, 0.4) is 0 Å². The number of hydrogen-bond donors (Lipinski definition) is 29. The van der Waals surface area contributed by atoms with Gasteiger partial charge in [-0.2, -0.15) is 0 Å². The molecule has 0 spiro atoms. The number of aromatic nitrogens is 3. The average molecular weight is 2100 g/mol. The Morgan fingerprint density at radius 3 is 1.40 bits per heavy atom. The summed E-state index contributed by atoms with van der Waals surface area (Å²) in [6.07, 6.45) is -3.04. The molecule has 2 aromatic heterocycles. The smallest absolute Gasteiger partial charge is 0.303 e. The van der Waals surface area contributed by atoms with E-state index in [-0.39, 0.29) is 95.9 Å². The van der Waals surface area contributed by atoms with E-state index in [2.05, 4.69) is 100 Å². The van der Waals surface area contributed by atoms with Crippen molar-refractivity contribution in [2.75, 3.05) is 39.4 Å². The highest BCUT2D eigenvalue weighted by Gasteiger charge is 2.46. The summed E-state index contributed by atoms with van der Waals surface area (Å²) in [4.78, 5) is 342. The predicted molar refractivity (Wildman–Crippen MR) is 522 cm³/mol. The molecular formula is C92H140N28O29. The van der Waals surface area contributed by atoms with Crippen LogP contribution in [0, 0.1) is 17.2 Å². The molecule has 21 atom stereocenters. The van der Waals surface area contributed by atoms with Crippen molar-refractivity contribution in [3.05, 3.63) is 54.2 Å². The van der Waals surface area contributed by atoms with Crippen LogP contribution in [0.2, 0.25) is 0 Å². The Balaban J connectivity index is 1.17. The van der Waals surface area contributed by atoms with Gasteiger partial charge in [-0.1, -0.05) is 52.3 Å². The van der Waals surface area contributed by atoms with Crippen LogP contribution >= 0.6 is 0 Å². The molecule has 0 radical (unpaired) electrons. The molecule has 3 fully saturated rings. The van der Waals surface area contributed by atoms with E-state index in [1.165, 1.54) is 58.2 Å². The van der Waals surface area contributed by atoms with Crippen molar-refractivity contribution < 1.29 is 141 Å². The molecular weight excluding hydrogens is 1960 g/mol. The summed E-state index contributed by atoms with van der Waals surface area (Å²) in [5.74, 6) is -26.7. The second-order valence-corrected chi connectivity index (χ2v) is 37.2. The molecule has 1 aromatic carbocycles. The zero-order chi connectivity index (χ0) is 111. The third-order valence-electron chi connectivity index (χ3n) is 25.2. The number of aromatic amines is 2. The normalized spacial score (nSPS) is 17.9. The highest BCUT2D eigenvalue weighted by Crippen LogP contribution is 2.26. The van der Waals surface area contributed by atoms with E-state index in [1.807, 2.05) is 0 Å². The van der Waals surface area contributed by atoms with E-state index in [9.17, 15) is 121 Å². The molecule has 21 amide bonds. The van der Waals surface area contributed by atoms with Crippen molar-refractivity contribution in [1.82, 2.24) is 115 Å². The Hall–Kier alpha value is -15.4. The maximum Gasteiger partial charge on any atom is 0.303 e. The SMILES string of the molecule is CCC(C)[C@@H](NC(=O)[C@@H](C)NC(=O)[C@@H](CC(N)=O)NC(=O)[C@H](NC(=O)C(Cc1c[nH]cn1)NC(=O)[C@@H](CCC(=O)O)NC(=O)[C@@H](Cc1c[nH]c2ccccc12)NC(=O)[C@@H]1CCCN1C(=O)[C@@H](CCC(N)=O)NC(=O)[C@H](NC(=O)[C@@H](CO)NC(=O)[C@H]1CCCN1C(=O)[C@@H](CO)NC(=O)[C@@H](CCCNC(=N)N)NC(=O)[C@@H](C)NC(=O)[C@H]1CCCN1C(=O)[C@@H](C)N)C(C)O)C(C)C)C(=O)N[C@H](CCC(N)=O)C(=O)N[C@@H](C=O)CCC(=O)O. The number of benzene rings is 1. The lowest BCUT2D eigenvalue weighted by Gasteiger charge is -2.31. The van der Waals surface area contributed by atoms with Crippen LogP contribution < -0.4 is 114 Å². The summed E-state index contributed by atoms with van der Waals surface area (Å²) in [6.45, 7) is 8.62. The third-order valence-corrected chi connectivity index (χ3v) is 25.2. The van der Waals surface area contributed by atoms with E-state index in [0.717, 1.165) is 23.6 Å². The Bertz CT molecular complexity index is 5290. The minimum absolute atomic E-state index is 0.0233. The minimum atomic E-state index is -2.06. The van der Waals surface area contributed by atoms with Gasteiger partial charge in [-0.15, -0.1) is 0 Å². The molecule has 822 valence electrons. The number of aldehydes is 1. The van der Waals surface area contributed by atoms with Gasteiger partial charge in [0.15, 0.2) is 5.96 Å². The number of H-pyrrole nitrogens is 2. The summed E-state index contributed by atoms with van der Waals surface area (Å²) in [7, 11) is 0. The monoisotopic (exact) mass is 2100 g/mol. The first-order chi connectivity index (χ1) is 70.3. The van der Waals surface area contributed by atoms with E-state index >= 15 is 14.4 Å². The molecule has 3 aromatic rings. The van der Waals surface area contributed by atoms with Gasteiger partial charge in [-0.3, -0.25) is 116 Å². The van der Waals surface area contributed by atoms with Crippen molar-refractivity contribution in [3.63, 3.8) is 0 Å². The number of aliphatic hydroxyl groups is 3. The number of amides is 21. The van der Waals surface area contributed by atoms with Crippen molar-refractivity contribution >= 4 is 159 Å². The number of hydrogen-bond acceptors (Lipinski definition) is 30. The number of nitrogens with two attached hydrogens (primary N) is 5. The van der Waals surface area contributed by atoms with Gasteiger partial charge in [-0.25, -0.2) is 4.98 Å². The van der Waals surface area contributed by atoms with Gasteiger partial charge in [0.25, 0.3) is 0 Å². The number of carbonyl (C=O) groups excluding carboxylic acids is 22. The maximum atomic E-state index is 15.2. The van der Waals surface area contributed by atoms with Crippen molar-refractivity contribution in [3.8, 4) is 0 Å². The predicted octanol–water partition coefficient (Wildman–Crippen LogP) is -11.0. The number of carboxylic acids is 2. The van der Waals surface area contributed by atoms with Gasteiger partial charge in [0.1, 0.15) is 109 Å². The summed E-state index contributed by atoms with van der Waals surface area (Å²) in [6, 6.07) is -23.6. The Labute approximate surface area is 855 Å². The number of nitrogens with zero attached hydrogens (tertiary/aromatic N) is 4. The number of rotatable bonds is 62. The number of aliphatic carboxylic acids is 2. The largest absolute Gasteiger partial charge is 0.481 e. The standard InChI is InChI=1S/C92H140N28O29/c1-9-44(4)72(87(145)108-55(23-26-66(94)125)76(134)105-50(39-121)22-28-69(128)129)116-75(133)47(7)103-79(137)60(36-68(96)127)112-86(144)71(43(2)3)115-81(139)59(35-51-38-99-42-102-51)110-78(136)56(25-29-70(130)131)107-80(138)58(34-49-37-101-53-17-11-10-16-52(49)53)111-84(142)64-20-14-32-119(64)90(148)57(24-27-67(95)126)109-88(146)73(48(8)124)117-82(140)61(40-122)113-85(143)65-21-15-33-120(65)91(149)62(41-123)114-77(135)54(18-12-30-100-92(97)98)106-74(132)46(6)104-83(141)63-19-13-31-118(63)89(147)45(5)93/h10-11,16-17,37-39,42-48,50,54-65,71-73,101,122-124H,9,12-15,18-36,40-41,93H2,1-8H3,(H2,94,125)(H2,95,126)(H2,96,127)(H,99,102)(H,103,137)(H,104,141)(H,105,134)(H,106,132)(H,107,138)(H,108,145)(H,109,146)(H,110,136)(H,111,142)(H,112,144)(H,113,143)(H,114,135)(H,115,139)(H,116,133)(H,117,140)(H,128,129)(H,130,131)(H4,97,98,100)/t44?,45-,46-,47-,48?,50-,54-,55-,56-,57-,58-,59?,60-,61-,62-,63-,64+,65-,71-,72-,73-/m1/s1. The first kappa shape index (κ1) is 122. The van der Waals surface area contributed by atoms with Crippen molar-refractivity contribution in [2.24, 2.45) is 40.5 Å². The molecule has 3 aliphatic heterocycles. The molecule has 0 bridgehead atoms. The zero-order valence-corrected chi connectivity index (χ0v) is 83.9. The van der Waals surface area contributed by atoms with Crippen LogP contribution in [0.25, 0.3) is 10.9 Å². The zero-order valence-electron chi connectivity index (χ0n) is 83.9. The number of guanidine groups is 1. The Morgan fingerprint density at radius 1 is 0.456 bits per heavy atom. The first-order valence-corrected chi connectivity index (χ1v) is 48.8. The lowest BCUT2D eigenvalue weighted by molar-refractivity contribution is -0.144. The molecule has 5 heterocycles. The van der Waals surface area contributed by atoms with Crippen LogP contribution in [0.4, 0.5) is 0 Å². The fourth-order valence-corrected chi connectivity index (χ4v) is 16.7. The number of likely N-dealkylation sites (tertiary alicyclic amines) is 3. The van der Waals surface area contributed by atoms with Crippen LogP contribution in [-0.2, 0) is 128 Å². The lowest BCUT2D eigenvalue weighted by atomic mass is 9.97. The fourth-order valence-electron chi connectivity index (χ4n) is 16.7. The Morgan fingerprint density at radius 2 is 0.879 bits per heavy atom. The van der Waals surface area contributed by atoms with Gasteiger partial charge in [0.05, 0.1) is 49.8 Å². The number of aliphatic hydroxyl groups excluding tert-OH is 3. The second-order valence-electron chi connectivity index (χ2n) is 37.2. The van der Waals surface area contributed by atoms with Crippen molar-refractivity contribution in [1.29, 1.82) is 5.41 Å². The fraction of sp³-hybridized carbons (Fsp3) is 0.609. The maximum absolute atomic E-state index is 15.2. The first-order valence-electron chi connectivity index (χ1n) is 48.8. The van der Waals surface area contributed by atoms with Gasteiger partial charge in [0.2, 0.25) is 124 Å². The number of fused-ring (bicyclic) bond motifs is 1. The van der Waals surface area contributed by atoms with Crippen LogP contribution in [0.15, 0.2) is 43.0 Å². The second kappa shape index (κ2) is 59.4. The van der Waals surface area contributed by atoms with Crippen molar-refractivity contribution in [2.45, 2.75) is 305 Å². The molecule has 57 heteroatoms. The summed E-state index contributed by atoms with van der Waals surface area (Å²) >= 11 is 0. The quantitative estimate of drug-likeness (QED) is 0.0108. The van der Waals surface area contributed by atoms with E-state index < -0.39 is 352 Å². The van der Waals surface area contributed by atoms with E-state index in [0.29, 0.717) is 22.9 Å². The topological polar surface area (TPSA) is 911 Å². The highest BCUT2D eigenvalue weighted by atomic mass is 16.4. The number of nitrogens with one attached hydrogen (secondary N) is 19. The number of primary amides is 3. The van der Waals surface area contributed by atoms with Gasteiger partial charge in [0, 0.05) is 88.0 Å².